The van der Waals surface area contributed by atoms with Gasteiger partial charge in [0.25, 0.3) is 0 Å². The summed E-state index contributed by atoms with van der Waals surface area (Å²) in [6, 6.07) is 26.3. The third-order valence-corrected chi connectivity index (χ3v) is 6.49. The largest absolute Gasteiger partial charge is 0.289 e. The molecule has 0 unspecified atom stereocenters. The molecule has 0 bridgehead atoms. The number of aromatic nitrogens is 2. The Kier molecular flexibility index (Phi) is 4.64. The van der Waals surface area contributed by atoms with Gasteiger partial charge in [-0.05, 0) is 43.2 Å². The van der Waals surface area contributed by atoms with Crippen molar-refractivity contribution in [2.45, 2.75) is 18.7 Å². The number of fused-ring (bicyclic) bond motifs is 3. The summed E-state index contributed by atoms with van der Waals surface area (Å²) in [4.78, 5) is 14.2. The van der Waals surface area contributed by atoms with Crippen LogP contribution in [0.3, 0.4) is 0 Å². The van der Waals surface area contributed by atoms with E-state index in [1.54, 1.807) is 17.8 Å². The highest BCUT2D eigenvalue weighted by atomic mass is 32.2. The van der Waals surface area contributed by atoms with Crippen molar-refractivity contribution in [3.8, 4) is 22.5 Å². The van der Waals surface area contributed by atoms with Gasteiger partial charge in [0.1, 0.15) is 5.03 Å². The first-order valence-electron chi connectivity index (χ1n) is 9.86. The minimum Gasteiger partial charge on any atom is -0.289 e. The number of carbonyl (C=O) groups is 1. The van der Waals surface area contributed by atoms with Crippen molar-refractivity contribution in [3.05, 3.63) is 102 Å². The molecule has 4 heteroatoms. The molecule has 0 fully saturated rings. The van der Waals surface area contributed by atoms with Crippen LogP contribution in [0.1, 0.15) is 21.5 Å². The molecule has 5 rings (SSSR count). The van der Waals surface area contributed by atoms with Gasteiger partial charge in [0, 0.05) is 27.7 Å². The van der Waals surface area contributed by atoms with Crippen LogP contribution in [0.15, 0.2) is 89.8 Å². The van der Waals surface area contributed by atoms with Gasteiger partial charge in [-0.25, -0.2) is 4.68 Å². The number of rotatable bonds is 3. The Labute approximate surface area is 180 Å². The summed E-state index contributed by atoms with van der Waals surface area (Å²) in [7, 11) is 0. The van der Waals surface area contributed by atoms with Gasteiger partial charge in [-0.2, -0.15) is 5.10 Å². The molecule has 0 N–H and O–H groups in total. The van der Waals surface area contributed by atoms with Crippen molar-refractivity contribution in [2.24, 2.45) is 0 Å². The van der Waals surface area contributed by atoms with Crippen LogP contribution in [0.25, 0.3) is 27.5 Å². The normalized spacial score (nSPS) is 13.7. The van der Waals surface area contributed by atoms with Gasteiger partial charge in [-0.15, -0.1) is 0 Å². The standard InChI is InChI=1S/C26H20N2OS/c1-17-12-13-20(14-18(17)2)24(29)16-26-28-23(21-10-6-7-11-25(21)30-26)15-22(27-28)19-8-4-3-5-9-19/h3-16H,1-2H3/b26-16+. The molecule has 1 aromatic heterocycles. The summed E-state index contributed by atoms with van der Waals surface area (Å²) >= 11 is 1.58. The number of nitrogens with zero attached hydrogens (tertiary/aromatic N) is 2. The van der Waals surface area contributed by atoms with E-state index in [1.807, 2.05) is 60.1 Å². The Bertz CT molecular complexity index is 1300. The van der Waals surface area contributed by atoms with Gasteiger partial charge in [-0.1, -0.05) is 72.4 Å². The Morgan fingerprint density at radius 3 is 2.47 bits per heavy atom. The van der Waals surface area contributed by atoms with Crippen LogP contribution in [0.2, 0.25) is 0 Å². The van der Waals surface area contributed by atoms with E-state index in [2.05, 4.69) is 37.3 Å². The predicted molar refractivity (Wildman–Crippen MR) is 123 cm³/mol. The molecule has 146 valence electrons. The Balaban J connectivity index is 1.62. The fraction of sp³-hybridized carbons (Fsp3) is 0.0769. The van der Waals surface area contributed by atoms with E-state index in [4.69, 9.17) is 5.10 Å². The number of thioether (sulfide) groups is 1. The van der Waals surface area contributed by atoms with Crippen LogP contribution in [0.4, 0.5) is 0 Å². The monoisotopic (exact) mass is 408 g/mol. The van der Waals surface area contributed by atoms with Gasteiger partial charge >= 0.3 is 0 Å². The maximum Gasteiger partial charge on any atom is 0.188 e. The fourth-order valence-corrected chi connectivity index (χ4v) is 4.64. The zero-order chi connectivity index (χ0) is 20.7. The number of carbonyl (C=O) groups excluding carboxylic acids is 1. The first kappa shape index (κ1) is 18.6. The Hall–Kier alpha value is -3.37. The average molecular weight is 409 g/mol. The molecule has 0 saturated carbocycles. The van der Waals surface area contributed by atoms with Crippen LogP contribution in [-0.4, -0.2) is 15.6 Å². The Morgan fingerprint density at radius 2 is 1.67 bits per heavy atom. The molecule has 0 radical (unpaired) electrons. The fourth-order valence-electron chi connectivity index (χ4n) is 3.59. The van der Waals surface area contributed by atoms with Gasteiger partial charge in [0.05, 0.1) is 11.4 Å². The molecule has 3 aromatic carbocycles. The Morgan fingerprint density at radius 1 is 0.900 bits per heavy atom. The van der Waals surface area contributed by atoms with Crippen LogP contribution in [0.5, 0.6) is 0 Å². The lowest BCUT2D eigenvalue weighted by molar-refractivity contribution is 0.104. The van der Waals surface area contributed by atoms with Crippen LogP contribution >= 0.6 is 11.8 Å². The number of allylic oxidation sites excluding steroid dienone is 1. The van der Waals surface area contributed by atoms with Gasteiger partial charge in [-0.3, -0.25) is 4.79 Å². The number of hydrogen-bond acceptors (Lipinski definition) is 3. The molecular weight excluding hydrogens is 388 g/mol. The minimum absolute atomic E-state index is 0.0114. The molecule has 0 amide bonds. The van der Waals surface area contributed by atoms with Crippen molar-refractivity contribution in [1.29, 1.82) is 0 Å². The van der Waals surface area contributed by atoms with Crippen molar-refractivity contribution in [1.82, 2.24) is 9.78 Å². The quantitative estimate of drug-likeness (QED) is 0.282. The van der Waals surface area contributed by atoms with Crippen molar-refractivity contribution in [3.63, 3.8) is 0 Å². The third kappa shape index (κ3) is 3.29. The number of hydrogen-bond donors (Lipinski definition) is 0. The highest BCUT2D eigenvalue weighted by Crippen LogP contribution is 2.45. The summed E-state index contributed by atoms with van der Waals surface area (Å²) in [5.74, 6) is -0.0114. The maximum atomic E-state index is 13.0. The van der Waals surface area contributed by atoms with Crippen molar-refractivity contribution < 1.29 is 4.79 Å². The third-order valence-electron chi connectivity index (χ3n) is 5.41. The van der Waals surface area contributed by atoms with E-state index in [-0.39, 0.29) is 5.78 Å². The maximum absolute atomic E-state index is 13.0. The molecule has 0 aliphatic carbocycles. The summed E-state index contributed by atoms with van der Waals surface area (Å²) < 4.78 is 1.90. The van der Waals surface area contributed by atoms with Crippen LogP contribution < -0.4 is 0 Å². The van der Waals surface area contributed by atoms with Gasteiger partial charge in [0.2, 0.25) is 0 Å². The van der Waals surface area contributed by atoms with Gasteiger partial charge in [0.15, 0.2) is 5.78 Å². The first-order chi connectivity index (χ1) is 14.6. The highest BCUT2D eigenvalue weighted by Gasteiger charge is 2.24. The smallest absolute Gasteiger partial charge is 0.188 e. The summed E-state index contributed by atoms with van der Waals surface area (Å²) in [5.41, 5.74) is 7.08. The SMILES string of the molecule is Cc1ccc(C(=O)/C=C2/Sc3ccccc3-c3cc(-c4ccccc4)nn32)cc1C. The van der Waals surface area contributed by atoms with E-state index in [0.29, 0.717) is 5.56 Å². The number of ketones is 1. The second-order valence-corrected chi connectivity index (χ2v) is 8.50. The summed E-state index contributed by atoms with van der Waals surface area (Å²) in [5, 5.41) is 5.67. The zero-order valence-electron chi connectivity index (χ0n) is 16.8. The van der Waals surface area contributed by atoms with E-state index in [9.17, 15) is 4.79 Å². The second-order valence-electron chi connectivity index (χ2n) is 7.44. The van der Waals surface area contributed by atoms with Gasteiger partial charge < -0.3 is 0 Å². The average Bonchev–Trinajstić information content (AvgIpc) is 3.22. The first-order valence-corrected chi connectivity index (χ1v) is 10.7. The molecular formula is C26H20N2OS. The molecule has 0 saturated heterocycles. The van der Waals surface area contributed by atoms with E-state index in [1.165, 1.54) is 5.56 Å². The molecule has 4 aromatic rings. The summed E-state index contributed by atoms with van der Waals surface area (Å²) in [6.45, 7) is 4.08. The molecule has 0 spiro atoms. The topological polar surface area (TPSA) is 34.9 Å². The van der Waals surface area contributed by atoms with E-state index < -0.39 is 0 Å². The van der Waals surface area contributed by atoms with Crippen molar-refractivity contribution in [2.75, 3.05) is 0 Å². The summed E-state index contributed by atoms with van der Waals surface area (Å²) in [6.07, 6.45) is 1.70. The molecule has 2 heterocycles. The lowest BCUT2D eigenvalue weighted by atomic mass is 10.0. The van der Waals surface area contributed by atoms with Crippen LogP contribution in [-0.2, 0) is 0 Å². The lowest BCUT2D eigenvalue weighted by Crippen LogP contribution is -2.07. The zero-order valence-corrected chi connectivity index (χ0v) is 17.6. The number of aryl methyl sites for hydroxylation is 2. The lowest BCUT2D eigenvalue weighted by Gasteiger charge is -2.19. The number of benzene rings is 3. The van der Waals surface area contributed by atoms with E-state index >= 15 is 0 Å². The molecule has 3 nitrogen and oxygen atoms in total. The van der Waals surface area contributed by atoms with Crippen LogP contribution in [0, 0.1) is 13.8 Å². The minimum atomic E-state index is -0.0114. The van der Waals surface area contributed by atoms with Crippen molar-refractivity contribution >= 4 is 22.6 Å². The highest BCUT2D eigenvalue weighted by molar-refractivity contribution is 8.08. The second kappa shape index (κ2) is 7.47. The molecule has 1 aliphatic heterocycles. The molecule has 1 aliphatic rings. The van der Waals surface area contributed by atoms with E-state index in [0.717, 1.165) is 38.0 Å². The predicted octanol–water partition coefficient (Wildman–Crippen LogP) is 6.62. The molecule has 30 heavy (non-hydrogen) atoms. The molecule has 0 atom stereocenters.